The summed E-state index contributed by atoms with van der Waals surface area (Å²) in [5.74, 6) is -1.57. The molecule has 0 fully saturated rings. The van der Waals surface area contributed by atoms with E-state index in [9.17, 15) is 22.8 Å². The van der Waals surface area contributed by atoms with Gasteiger partial charge in [0.1, 0.15) is 5.03 Å². The first-order chi connectivity index (χ1) is 12.1. The van der Waals surface area contributed by atoms with E-state index in [2.05, 4.69) is 0 Å². The van der Waals surface area contributed by atoms with Crippen LogP contribution in [0, 0.1) is 0 Å². The Bertz CT molecular complexity index is 953. The second-order valence-corrected chi connectivity index (χ2v) is 6.50. The summed E-state index contributed by atoms with van der Waals surface area (Å²) in [7, 11) is 0. The lowest BCUT2D eigenvalue weighted by molar-refractivity contribution is -0.137. The van der Waals surface area contributed by atoms with Crippen LogP contribution in [-0.4, -0.2) is 11.8 Å². The van der Waals surface area contributed by atoms with E-state index in [0.29, 0.717) is 0 Å². The number of carbonyl (C=O) groups excluding carboxylic acids is 2. The Balaban J connectivity index is 2.00. The first kappa shape index (κ1) is 18.8. The summed E-state index contributed by atoms with van der Waals surface area (Å²) in [6, 6.07) is 7.93. The van der Waals surface area contributed by atoms with Crippen LogP contribution in [0.15, 0.2) is 47.5 Å². The van der Waals surface area contributed by atoms with Crippen molar-refractivity contribution in [3.05, 3.63) is 68.7 Å². The average molecular weight is 421 g/mol. The van der Waals surface area contributed by atoms with Crippen molar-refractivity contribution in [2.75, 3.05) is 4.90 Å². The molecule has 1 aliphatic heterocycles. The van der Waals surface area contributed by atoms with Gasteiger partial charge in [-0.1, -0.05) is 46.9 Å². The minimum Gasteiger partial charge on any atom is -0.268 e. The van der Waals surface area contributed by atoms with Crippen LogP contribution in [0.2, 0.25) is 10.0 Å². The van der Waals surface area contributed by atoms with Crippen molar-refractivity contribution in [1.82, 2.24) is 0 Å². The predicted octanol–water partition coefficient (Wildman–Crippen LogP) is 5.54. The predicted molar refractivity (Wildman–Crippen MR) is 93.2 cm³/mol. The number of hydrogen-bond acceptors (Lipinski definition) is 2. The molecule has 0 spiro atoms. The third kappa shape index (κ3) is 3.20. The Morgan fingerprint density at radius 1 is 0.808 bits per heavy atom. The number of alkyl halides is 3. The molecular formula is C17H7Cl3F3NO2. The minimum absolute atomic E-state index is 0.101. The van der Waals surface area contributed by atoms with Gasteiger partial charge < -0.3 is 0 Å². The molecule has 2 aromatic carbocycles. The van der Waals surface area contributed by atoms with Gasteiger partial charge >= 0.3 is 6.18 Å². The van der Waals surface area contributed by atoms with E-state index in [0.717, 1.165) is 29.2 Å². The van der Waals surface area contributed by atoms with Crippen molar-refractivity contribution in [2.45, 2.75) is 6.18 Å². The van der Waals surface area contributed by atoms with Gasteiger partial charge in [-0.2, -0.15) is 13.2 Å². The number of amides is 2. The highest BCUT2D eigenvalue weighted by Gasteiger charge is 2.39. The third-order valence-electron chi connectivity index (χ3n) is 3.69. The molecular weight excluding hydrogens is 414 g/mol. The van der Waals surface area contributed by atoms with Crippen molar-refractivity contribution < 1.29 is 22.8 Å². The lowest BCUT2D eigenvalue weighted by Crippen LogP contribution is -2.31. The highest BCUT2D eigenvalue weighted by atomic mass is 35.5. The Morgan fingerprint density at radius 2 is 1.42 bits per heavy atom. The van der Waals surface area contributed by atoms with Crippen LogP contribution < -0.4 is 4.90 Å². The Labute approximate surface area is 160 Å². The zero-order valence-corrected chi connectivity index (χ0v) is 14.8. The smallest absolute Gasteiger partial charge is 0.268 e. The van der Waals surface area contributed by atoms with Gasteiger partial charge in [-0.05, 0) is 35.9 Å². The normalized spacial score (nSPS) is 15.2. The second-order valence-electron chi connectivity index (χ2n) is 5.31. The lowest BCUT2D eigenvalue weighted by Gasteiger charge is -2.15. The van der Waals surface area contributed by atoms with Crippen molar-refractivity contribution in [2.24, 2.45) is 0 Å². The number of anilines is 1. The van der Waals surface area contributed by atoms with E-state index in [1.807, 2.05) is 0 Å². The Kier molecular flexibility index (Phi) is 4.77. The molecule has 0 N–H and O–H groups in total. The monoisotopic (exact) mass is 419 g/mol. The largest absolute Gasteiger partial charge is 0.416 e. The first-order valence-electron chi connectivity index (χ1n) is 7.02. The molecule has 0 radical (unpaired) electrons. The molecule has 1 aliphatic rings. The Morgan fingerprint density at radius 3 is 1.96 bits per heavy atom. The molecule has 0 bridgehead atoms. The molecule has 134 valence electrons. The molecule has 0 aliphatic carbocycles. The number of nitrogens with zero attached hydrogens (tertiary/aromatic N) is 1. The van der Waals surface area contributed by atoms with E-state index in [-0.39, 0.29) is 31.9 Å². The number of imide groups is 1. The van der Waals surface area contributed by atoms with Crippen molar-refractivity contribution in [3.8, 4) is 0 Å². The minimum atomic E-state index is -4.52. The number of rotatable bonds is 2. The molecule has 0 saturated heterocycles. The maximum absolute atomic E-state index is 12.7. The summed E-state index contributed by atoms with van der Waals surface area (Å²) in [5, 5.41) is -0.0266. The summed E-state index contributed by atoms with van der Waals surface area (Å²) >= 11 is 17.7. The fourth-order valence-electron chi connectivity index (χ4n) is 2.44. The number of benzene rings is 2. The van der Waals surface area contributed by atoms with Crippen molar-refractivity contribution >= 4 is 57.9 Å². The zero-order valence-electron chi connectivity index (χ0n) is 12.6. The van der Waals surface area contributed by atoms with Crippen LogP contribution in [0.1, 0.15) is 11.1 Å². The van der Waals surface area contributed by atoms with Crippen LogP contribution >= 0.6 is 34.8 Å². The number of halogens is 6. The topological polar surface area (TPSA) is 37.4 Å². The van der Waals surface area contributed by atoms with E-state index in [1.165, 1.54) is 18.2 Å². The molecule has 2 aromatic rings. The average Bonchev–Trinajstić information content (AvgIpc) is 2.79. The maximum Gasteiger partial charge on any atom is 0.416 e. The maximum atomic E-state index is 12.7. The van der Waals surface area contributed by atoms with Crippen LogP contribution in [0.25, 0.3) is 5.57 Å². The molecule has 9 heteroatoms. The molecule has 3 nitrogen and oxygen atoms in total. The fraction of sp³-hybridized carbons (Fsp3) is 0.0588. The van der Waals surface area contributed by atoms with Gasteiger partial charge in [0, 0.05) is 0 Å². The second kappa shape index (κ2) is 6.61. The van der Waals surface area contributed by atoms with Gasteiger partial charge in [0.15, 0.2) is 0 Å². The summed E-state index contributed by atoms with van der Waals surface area (Å²) in [5.41, 5.74) is -0.814. The summed E-state index contributed by atoms with van der Waals surface area (Å²) in [6.07, 6.45) is -4.52. The van der Waals surface area contributed by atoms with Gasteiger partial charge in [0.2, 0.25) is 0 Å². The molecule has 0 saturated carbocycles. The summed E-state index contributed by atoms with van der Waals surface area (Å²) in [6.45, 7) is 0. The molecule has 26 heavy (non-hydrogen) atoms. The van der Waals surface area contributed by atoms with Gasteiger partial charge in [-0.15, -0.1) is 0 Å². The van der Waals surface area contributed by atoms with Crippen LogP contribution in [-0.2, 0) is 15.8 Å². The van der Waals surface area contributed by atoms with E-state index >= 15 is 0 Å². The van der Waals surface area contributed by atoms with Gasteiger partial charge in [0.25, 0.3) is 11.8 Å². The van der Waals surface area contributed by atoms with Crippen molar-refractivity contribution in [1.29, 1.82) is 0 Å². The Hall–Kier alpha value is -2.02. The molecule has 1 heterocycles. The first-order valence-corrected chi connectivity index (χ1v) is 8.16. The van der Waals surface area contributed by atoms with E-state index in [1.54, 1.807) is 0 Å². The summed E-state index contributed by atoms with van der Waals surface area (Å²) < 4.78 is 38.0. The standard InChI is InChI=1S/C17H7Cl3F3NO2/c18-11-6-5-10(7-12(11)19)24-15(25)13(14(20)16(24)26)8-1-3-9(4-2-8)17(21,22)23/h1-7H. The fourth-order valence-corrected chi connectivity index (χ4v) is 3.00. The highest BCUT2D eigenvalue weighted by molar-refractivity contribution is 6.60. The SMILES string of the molecule is O=C1C(Cl)=C(c2ccc(C(F)(F)F)cc2)C(=O)N1c1ccc(Cl)c(Cl)c1. The summed E-state index contributed by atoms with van der Waals surface area (Å²) in [4.78, 5) is 25.8. The van der Waals surface area contributed by atoms with Gasteiger partial charge in [-0.3, -0.25) is 9.59 Å². The molecule has 0 atom stereocenters. The van der Waals surface area contributed by atoms with Gasteiger partial charge in [-0.25, -0.2) is 4.90 Å². The third-order valence-corrected chi connectivity index (χ3v) is 4.78. The zero-order chi connectivity index (χ0) is 19.2. The molecule has 2 amide bonds. The molecule has 3 rings (SSSR count). The van der Waals surface area contributed by atoms with Gasteiger partial charge in [0.05, 0.1) is 26.9 Å². The van der Waals surface area contributed by atoms with Crippen LogP contribution in [0.5, 0.6) is 0 Å². The number of carbonyl (C=O) groups is 2. The van der Waals surface area contributed by atoms with Crippen LogP contribution in [0.3, 0.4) is 0 Å². The van der Waals surface area contributed by atoms with Crippen LogP contribution in [0.4, 0.5) is 18.9 Å². The van der Waals surface area contributed by atoms with Crippen molar-refractivity contribution in [3.63, 3.8) is 0 Å². The lowest BCUT2D eigenvalue weighted by atomic mass is 10.0. The van der Waals surface area contributed by atoms with E-state index in [4.69, 9.17) is 34.8 Å². The molecule has 0 unspecified atom stereocenters. The quantitative estimate of drug-likeness (QED) is 0.599. The van der Waals surface area contributed by atoms with E-state index < -0.39 is 23.6 Å². The highest BCUT2D eigenvalue weighted by Crippen LogP contribution is 2.38. The number of hydrogen-bond donors (Lipinski definition) is 0. The molecule has 0 aromatic heterocycles.